The number of methoxy groups -OCH3 is 1. The van der Waals surface area contributed by atoms with E-state index in [1.165, 1.54) is 7.11 Å². The van der Waals surface area contributed by atoms with Crippen LogP contribution >= 0.6 is 11.3 Å². The van der Waals surface area contributed by atoms with Gasteiger partial charge in [0.25, 0.3) is 0 Å². The number of carbonyl (C=O) groups is 1. The number of fused-ring (bicyclic) bond motifs is 1. The summed E-state index contributed by atoms with van der Waals surface area (Å²) in [6.45, 7) is 0. The molecule has 2 aromatic rings. The lowest BCUT2D eigenvalue weighted by Gasteiger charge is -1.99. The maximum atomic E-state index is 11.3. The van der Waals surface area contributed by atoms with Crippen molar-refractivity contribution in [2.24, 2.45) is 0 Å². The lowest BCUT2D eigenvalue weighted by molar-refractivity contribution is 0.0603. The van der Waals surface area contributed by atoms with Gasteiger partial charge >= 0.3 is 5.97 Å². The third-order valence-corrected chi connectivity index (χ3v) is 2.85. The van der Waals surface area contributed by atoms with Gasteiger partial charge in [0.15, 0.2) is 0 Å². The van der Waals surface area contributed by atoms with E-state index in [1.54, 1.807) is 17.4 Å². The average molecular weight is 192 g/mol. The molecule has 0 radical (unpaired) electrons. The van der Waals surface area contributed by atoms with Gasteiger partial charge in [0.2, 0.25) is 0 Å². The molecule has 0 aliphatic carbocycles. The highest BCUT2D eigenvalue weighted by atomic mass is 32.1. The Kier molecular flexibility index (Phi) is 2.02. The van der Waals surface area contributed by atoms with Crippen molar-refractivity contribution >= 4 is 27.4 Å². The van der Waals surface area contributed by atoms with Gasteiger partial charge in [0.1, 0.15) is 0 Å². The molecule has 13 heavy (non-hydrogen) atoms. The zero-order valence-corrected chi connectivity index (χ0v) is 7.93. The highest BCUT2D eigenvalue weighted by molar-refractivity contribution is 7.17. The van der Waals surface area contributed by atoms with Gasteiger partial charge in [-0.25, -0.2) is 4.79 Å². The molecule has 0 unspecified atom stereocenters. The number of ether oxygens (including phenoxy) is 1. The predicted molar refractivity (Wildman–Crippen MR) is 53.2 cm³/mol. The standard InChI is InChI=1S/C10H8O2S/c1-12-10(11)8-4-2-3-7-5-6-13-9(7)8/h2-6H,1H3. The third kappa shape index (κ3) is 1.31. The summed E-state index contributed by atoms with van der Waals surface area (Å²) in [4.78, 5) is 11.3. The molecule has 1 aromatic heterocycles. The fraction of sp³-hybridized carbons (Fsp3) is 0.100. The zero-order valence-electron chi connectivity index (χ0n) is 7.11. The minimum Gasteiger partial charge on any atom is -0.465 e. The molecular weight excluding hydrogens is 184 g/mol. The van der Waals surface area contributed by atoms with E-state index < -0.39 is 0 Å². The molecule has 0 fully saturated rings. The molecule has 0 bridgehead atoms. The first-order chi connectivity index (χ1) is 6.33. The average Bonchev–Trinajstić information content (AvgIpc) is 2.63. The maximum Gasteiger partial charge on any atom is 0.339 e. The Morgan fingerprint density at radius 2 is 2.23 bits per heavy atom. The fourth-order valence-electron chi connectivity index (χ4n) is 1.26. The van der Waals surface area contributed by atoms with E-state index in [4.69, 9.17) is 0 Å². The molecule has 0 amide bonds. The van der Waals surface area contributed by atoms with Crippen molar-refractivity contribution in [3.05, 3.63) is 35.2 Å². The fourth-order valence-corrected chi connectivity index (χ4v) is 2.16. The largest absolute Gasteiger partial charge is 0.465 e. The number of esters is 1. The second-order valence-electron chi connectivity index (χ2n) is 2.64. The van der Waals surface area contributed by atoms with Crippen LogP contribution in [0.25, 0.3) is 10.1 Å². The molecule has 0 spiro atoms. The third-order valence-electron chi connectivity index (χ3n) is 1.88. The molecular formula is C10H8O2S. The van der Waals surface area contributed by atoms with Crippen LogP contribution in [0.2, 0.25) is 0 Å². The van der Waals surface area contributed by atoms with Gasteiger partial charge in [-0.1, -0.05) is 12.1 Å². The number of hydrogen-bond donors (Lipinski definition) is 0. The summed E-state index contributed by atoms with van der Waals surface area (Å²) in [7, 11) is 1.40. The lowest BCUT2D eigenvalue weighted by Crippen LogP contribution is -2.00. The lowest BCUT2D eigenvalue weighted by atomic mass is 10.2. The molecule has 0 N–H and O–H groups in total. The molecule has 3 heteroatoms. The second-order valence-corrected chi connectivity index (χ2v) is 3.55. The van der Waals surface area contributed by atoms with E-state index in [1.807, 2.05) is 23.6 Å². The Morgan fingerprint density at radius 3 is 3.00 bits per heavy atom. The summed E-state index contributed by atoms with van der Waals surface area (Å²) in [5.74, 6) is -0.270. The maximum absolute atomic E-state index is 11.3. The summed E-state index contributed by atoms with van der Waals surface area (Å²) in [6.07, 6.45) is 0. The van der Waals surface area contributed by atoms with Gasteiger partial charge in [-0.2, -0.15) is 0 Å². The van der Waals surface area contributed by atoms with E-state index in [0.717, 1.165) is 10.1 Å². The van der Waals surface area contributed by atoms with Crippen molar-refractivity contribution < 1.29 is 9.53 Å². The van der Waals surface area contributed by atoms with Gasteiger partial charge in [-0.05, 0) is 22.9 Å². The number of thiophene rings is 1. The van der Waals surface area contributed by atoms with Crippen LogP contribution in [0, 0.1) is 0 Å². The molecule has 2 nitrogen and oxygen atoms in total. The molecule has 1 aromatic carbocycles. The Labute approximate surface area is 79.8 Å². The van der Waals surface area contributed by atoms with E-state index in [0.29, 0.717) is 5.56 Å². The van der Waals surface area contributed by atoms with Crippen LogP contribution in [0.5, 0.6) is 0 Å². The van der Waals surface area contributed by atoms with E-state index in [9.17, 15) is 4.79 Å². The SMILES string of the molecule is COC(=O)c1cccc2ccsc12. The first-order valence-corrected chi connectivity index (χ1v) is 4.75. The highest BCUT2D eigenvalue weighted by Gasteiger charge is 2.09. The van der Waals surface area contributed by atoms with Crippen LogP contribution in [-0.4, -0.2) is 13.1 Å². The van der Waals surface area contributed by atoms with Gasteiger partial charge in [-0.15, -0.1) is 11.3 Å². The summed E-state index contributed by atoms with van der Waals surface area (Å²) >= 11 is 1.56. The summed E-state index contributed by atoms with van der Waals surface area (Å²) in [5, 5.41) is 3.06. The molecule has 0 aliphatic rings. The van der Waals surface area contributed by atoms with Gasteiger partial charge in [-0.3, -0.25) is 0 Å². The van der Waals surface area contributed by atoms with Crippen molar-refractivity contribution in [2.75, 3.05) is 7.11 Å². The summed E-state index contributed by atoms with van der Waals surface area (Å²) < 4.78 is 5.68. The van der Waals surface area contributed by atoms with Crippen molar-refractivity contribution in [2.45, 2.75) is 0 Å². The van der Waals surface area contributed by atoms with Crippen LogP contribution in [0.15, 0.2) is 29.6 Å². The van der Waals surface area contributed by atoms with Crippen LogP contribution in [0.4, 0.5) is 0 Å². The highest BCUT2D eigenvalue weighted by Crippen LogP contribution is 2.24. The van der Waals surface area contributed by atoms with E-state index in [-0.39, 0.29) is 5.97 Å². The molecule has 0 aliphatic heterocycles. The minimum absolute atomic E-state index is 0.270. The second kappa shape index (κ2) is 3.18. The van der Waals surface area contributed by atoms with Crippen molar-refractivity contribution in [3.8, 4) is 0 Å². The monoisotopic (exact) mass is 192 g/mol. The first-order valence-electron chi connectivity index (χ1n) is 3.87. The number of rotatable bonds is 1. The Bertz CT molecular complexity index is 445. The Balaban J connectivity index is 2.67. The quantitative estimate of drug-likeness (QED) is 0.649. The Hall–Kier alpha value is -1.35. The van der Waals surface area contributed by atoms with Gasteiger partial charge in [0, 0.05) is 4.70 Å². The van der Waals surface area contributed by atoms with E-state index in [2.05, 4.69) is 4.74 Å². The zero-order chi connectivity index (χ0) is 9.26. The summed E-state index contributed by atoms with van der Waals surface area (Å²) in [5.41, 5.74) is 0.648. The van der Waals surface area contributed by atoms with Crippen LogP contribution in [0.1, 0.15) is 10.4 Å². The van der Waals surface area contributed by atoms with Crippen LogP contribution in [0.3, 0.4) is 0 Å². The van der Waals surface area contributed by atoms with Crippen LogP contribution < -0.4 is 0 Å². The van der Waals surface area contributed by atoms with Gasteiger partial charge < -0.3 is 4.74 Å². The molecule has 0 saturated carbocycles. The Morgan fingerprint density at radius 1 is 1.38 bits per heavy atom. The smallest absolute Gasteiger partial charge is 0.339 e. The number of hydrogen-bond acceptors (Lipinski definition) is 3. The van der Waals surface area contributed by atoms with Crippen molar-refractivity contribution in [1.29, 1.82) is 0 Å². The molecule has 0 atom stereocenters. The number of benzene rings is 1. The molecule has 2 rings (SSSR count). The summed E-state index contributed by atoms with van der Waals surface area (Å²) in [6, 6.07) is 7.62. The normalized spacial score (nSPS) is 10.2. The minimum atomic E-state index is -0.270. The van der Waals surface area contributed by atoms with Crippen molar-refractivity contribution in [1.82, 2.24) is 0 Å². The first kappa shape index (κ1) is 8.26. The molecule has 66 valence electrons. The van der Waals surface area contributed by atoms with Gasteiger partial charge in [0.05, 0.1) is 12.7 Å². The molecule has 0 saturated heterocycles. The number of carbonyl (C=O) groups excluding carboxylic acids is 1. The van der Waals surface area contributed by atoms with Crippen LogP contribution in [-0.2, 0) is 4.74 Å². The topological polar surface area (TPSA) is 26.3 Å². The van der Waals surface area contributed by atoms with E-state index >= 15 is 0 Å². The predicted octanol–water partition coefficient (Wildman–Crippen LogP) is 2.69. The molecule has 1 heterocycles. The van der Waals surface area contributed by atoms with Crippen molar-refractivity contribution in [3.63, 3.8) is 0 Å².